The van der Waals surface area contributed by atoms with Crippen molar-refractivity contribution in [1.82, 2.24) is 9.80 Å². The van der Waals surface area contributed by atoms with Gasteiger partial charge in [0, 0.05) is 38.1 Å². The molecule has 3 heterocycles. The molecule has 1 saturated carbocycles. The largest absolute Gasteiger partial charge is 0.468 e. The Bertz CT molecular complexity index is 517. The summed E-state index contributed by atoms with van der Waals surface area (Å²) in [5.41, 5.74) is 0.792. The first kappa shape index (κ1) is 13.3. The van der Waals surface area contributed by atoms with Crippen LogP contribution in [0.2, 0.25) is 0 Å². The Labute approximate surface area is 124 Å². The Kier molecular flexibility index (Phi) is 3.47. The predicted molar refractivity (Wildman–Crippen MR) is 77.4 cm³/mol. The number of carbonyl (C=O) groups is 1. The van der Waals surface area contributed by atoms with Crippen LogP contribution in [0, 0.1) is 0 Å². The summed E-state index contributed by atoms with van der Waals surface area (Å²) >= 11 is 0. The second-order valence-electron chi connectivity index (χ2n) is 6.31. The van der Waals surface area contributed by atoms with Gasteiger partial charge in [-0.3, -0.25) is 9.69 Å². The molecular weight excluding hydrogens is 268 g/mol. The van der Waals surface area contributed by atoms with Crippen molar-refractivity contribution in [2.75, 3.05) is 39.4 Å². The third-order valence-corrected chi connectivity index (χ3v) is 4.89. The van der Waals surface area contributed by atoms with Crippen molar-refractivity contribution in [1.29, 1.82) is 0 Å². The summed E-state index contributed by atoms with van der Waals surface area (Å²) in [5.74, 6) is 1.55. The maximum atomic E-state index is 12.7. The molecule has 0 aromatic carbocycles. The fourth-order valence-corrected chi connectivity index (χ4v) is 3.50. The number of hydrogen-bond donors (Lipinski definition) is 0. The predicted octanol–water partition coefficient (Wildman–Crippen LogP) is 1.70. The highest BCUT2D eigenvalue weighted by Crippen LogP contribution is 2.42. The summed E-state index contributed by atoms with van der Waals surface area (Å²) in [5, 5.41) is 0. The summed E-state index contributed by atoms with van der Waals surface area (Å²) < 4.78 is 10.9. The molecule has 1 aliphatic carbocycles. The molecule has 1 aromatic rings. The van der Waals surface area contributed by atoms with E-state index in [1.54, 1.807) is 6.26 Å². The topological polar surface area (TPSA) is 45.9 Å². The Hall–Kier alpha value is -1.33. The number of hydrogen-bond acceptors (Lipinski definition) is 4. The lowest BCUT2D eigenvalue weighted by Gasteiger charge is -2.32. The second kappa shape index (κ2) is 5.46. The Morgan fingerprint density at radius 3 is 2.71 bits per heavy atom. The molecule has 1 unspecified atom stereocenters. The Morgan fingerprint density at radius 1 is 1.14 bits per heavy atom. The van der Waals surface area contributed by atoms with Crippen LogP contribution in [0.4, 0.5) is 0 Å². The number of carbonyl (C=O) groups excluding carboxylic acids is 1. The Balaban J connectivity index is 1.42. The maximum absolute atomic E-state index is 12.7. The van der Waals surface area contributed by atoms with Crippen LogP contribution in [0.1, 0.15) is 41.3 Å². The average Bonchev–Trinajstić information content (AvgIpc) is 3.06. The third kappa shape index (κ3) is 2.60. The van der Waals surface area contributed by atoms with Gasteiger partial charge >= 0.3 is 0 Å². The summed E-state index contributed by atoms with van der Waals surface area (Å²) in [6.07, 6.45) is 5.05. The first-order valence-corrected chi connectivity index (χ1v) is 8.01. The van der Waals surface area contributed by atoms with E-state index in [2.05, 4.69) is 4.90 Å². The second-order valence-corrected chi connectivity index (χ2v) is 6.31. The van der Waals surface area contributed by atoms with Crippen molar-refractivity contribution in [3.63, 3.8) is 0 Å². The summed E-state index contributed by atoms with van der Waals surface area (Å²) in [6, 6.07) is 2.34. The highest BCUT2D eigenvalue weighted by atomic mass is 16.5. The SMILES string of the molecule is O=C(c1ccoc1C1CC1)N1CCC(N2CCOCC2)C1. The van der Waals surface area contributed by atoms with Crippen LogP contribution in [-0.2, 0) is 4.74 Å². The van der Waals surface area contributed by atoms with Gasteiger partial charge < -0.3 is 14.1 Å². The van der Waals surface area contributed by atoms with Crippen molar-refractivity contribution in [3.8, 4) is 0 Å². The van der Waals surface area contributed by atoms with Gasteiger partial charge in [0.2, 0.25) is 0 Å². The minimum Gasteiger partial charge on any atom is -0.468 e. The van der Waals surface area contributed by atoms with Crippen molar-refractivity contribution in [2.45, 2.75) is 31.2 Å². The van der Waals surface area contributed by atoms with Crippen molar-refractivity contribution in [3.05, 3.63) is 23.7 Å². The molecule has 0 N–H and O–H groups in total. The molecule has 5 nitrogen and oxygen atoms in total. The van der Waals surface area contributed by atoms with Crippen LogP contribution in [0.3, 0.4) is 0 Å². The van der Waals surface area contributed by atoms with Crippen LogP contribution in [-0.4, -0.2) is 61.1 Å². The maximum Gasteiger partial charge on any atom is 0.257 e. The first-order valence-electron chi connectivity index (χ1n) is 8.01. The number of amides is 1. The van der Waals surface area contributed by atoms with Gasteiger partial charge in [-0.2, -0.15) is 0 Å². The molecule has 21 heavy (non-hydrogen) atoms. The molecule has 3 aliphatic rings. The van der Waals surface area contributed by atoms with E-state index in [1.165, 1.54) is 0 Å². The van der Waals surface area contributed by atoms with E-state index in [1.807, 2.05) is 11.0 Å². The molecule has 1 aromatic heterocycles. The molecule has 5 heteroatoms. The molecular formula is C16H22N2O3. The molecule has 114 valence electrons. The smallest absolute Gasteiger partial charge is 0.257 e. The number of morpholine rings is 1. The zero-order valence-electron chi connectivity index (χ0n) is 12.3. The molecule has 1 amide bonds. The summed E-state index contributed by atoms with van der Waals surface area (Å²) in [4.78, 5) is 17.2. The molecule has 0 spiro atoms. The monoisotopic (exact) mass is 290 g/mol. The summed E-state index contributed by atoms with van der Waals surface area (Å²) in [6.45, 7) is 5.32. The lowest BCUT2D eigenvalue weighted by atomic mass is 10.1. The van der Waals surface area contributed by atoms with Crippen molar-refractivity contribution < 1.29 is 13.9 Å². The van der Waals surface area contributed by atoms with Gasteiger partial charge in [-0.15, -0.1) is 0 Å². The first-order chi connectivity index (χ1) is 10.3. The molecule has 1 atom stereocenters. The quantitative estimate of drug-likeness (QED) is 0.850. The average molecular weight is 290 g/mol. The van der Waals surface area contributed by atoms with E-state index in [0.717, 1.165) is 70.0 Å². The van der Waals surface area contributed by atoms with Crippen LogP contribution < -0.4 is 0 Å². The van der Waals surface area contributed by atoms with Gasteiger partial charge in [0.05, 0.1) is 25.0 Å². The van der Waals surface area contributed by atoms with E-state index >= 15 is 0 Å². The van der Waals surface area contributed by atoms with Gasteiger partial charge in [-0.1, -0.05) is 0 Å². The fourth-order valence-electron chi connectivity index (χ4n) is 3.50. The lowest BCUT2D eigenvalue weighted by molar-refractivity contribution is 0.0185. The van der Waals surface area contributed by atoms with Gasteiger partial charge in [0.1, 0.15) is 5.76 Å². The third-order valence-electron chi connectivity index (χ3n) is 4.89. The van der Waals surface area contributed by atoms with E-state index < -0.39 is 0 Å². The van der Waals surface area contributed by atoms with Crippen molar-refractivity contribution in [2.24, 2.45) is 0 Å². The lowest BCUT2D eigenvalue weighted by Crippen LogP contribution is -2.45. The van der Waals surface area contributed by atoms with Crippen LogP contribution in [0.15, 0.2) is 16.7 Å². The molecule has 0 radical (unpaired) electrons. The number of ether oxygens (including phenoxy) is 1. The summed E-state index contributed by atoms with van der Waals surface area (Å²) in [7, 11) is 0. The van der Waals surface area contributed by atoms with Crippen LogP contribution in [0.25, 0.3) is 0 Å². The minimum absolute atomic E-state index is 0.154. The minimum atomic E-state index is 0.154. The number of nitrogens with zero attached hydrogens (tertiary/aromatic N) is 2. The van der Waals surface area contributed by atoms with Crippen molar-refractivity contribution >= 4 is 5.91 Å². The van der Waals surface area contributed by atoms with E-state index in [0.29, 0.717) is 12.0 Å². The van der Waals surface area contributed by atoms with Gasteiger partial charge in [0.25, 0.3) is 5.91 Å². The van der Waals surface area contributed by atoms with Gasteiger partial charge in [0.15, 0.2) is 0 Å². The zero-order valence-corrected chi connectivity index (χ0v) is 12.3. The molecule has 2 saturated heterocycles. The molecule has 2 aliphatic heterocycles. The normalized spacial score (nSPS) is 27.2. The van der Waals surface area contributed by atoms with Crippen LogP contribution in [0.5, 0.6) is 0 Å². The highest BCUT2D eigenvalue weighted by molar-refractivity contribution is 5.95. The Morgan fingerprint density at radius 2 is 1.95 bits per heavy atom. The van der Waals surface area contributed by atoms with Gasteiger partial charge in [-0.25, -0.2) is 0 Å². The van der Waals surface area contributed by atoms with E-state index in [9.17, 15) is 4.79 Å². The van der Waals surface area contributed by atoms with Gasteiger partial charge in [-0.05, 0) is 25.3 Å². The molecule has 3 fully saturated rings. The van der Waals surface area contributed by atoms with Crippen LogP contribution >= 0.6 is 0 Å². The molecule has 4 rings (SSSR count). The molecule has 0 bridgehead atoms. The zero-order chi connectivity index (χ0) is 14.2. The fraction of sp³-hybridized carbons (Fsp3) is 0.688. The number of furan rings is 1. The van der Waals surface area contributed by atoms with E-state index in [-0.39, 0.29) is 5.91 Å². The number of likely N-dealkylation sites (tertiary alicyclic amines) is 1. The highest BCUT2D eigenvalue weighted by Gasteiger charge is 2.36. The van der Waals surface area contributed by atoms with E-state index in [4.69, 9.17) is 9.15 Å². The standard InChI is InChI=1S/C16H22N2O3/c19-16(14-4-8-21-15(14)12-1-2-12)18-5-3-13(11-18)17-6-9-20-10-7-17/h4,8,12-13H,1-3,5-7,9-11H2. The number of rotatable bonds is 3.